The van der Waals surface area contributed by atoms with Crippen LogP contribution in [0.3, 0.4) is 0 Å². The lowest BCUT2D eigenvalue weighted by molar-refractivity contribution is -0.137. The van der Waals surface area contributed by atoms with Crippen LogP contribution in [0.4, 0.5) is 4.79 Å². The minimum absolute atomic E-state index is 0.0532. The molecule has 0 bridgehead atoms. The zero-order chi connectivity index (χ0) is 41.8. The second kappa shape index (κ2) is 22.7. The molecule has 12 nitrogen and oxygen atoms in total. The molecule has 0 aliphatic rings. The predicted molar refractivity (Wildman–Crippen MR) is 226 cm³/mol. The number of ether oxygens (including phenoxy) is 3. The van der Waals surface area contributed by atoms with E-state index in [-0.39, 0.29) is 44.3 Å². The maximum atomic E-state index is 14.3. The zero-order valence-corrected chi connectivity index (χ0v) is 33.6. The van der Waals surface area contributed by atoms with Crippen LogP contribution in [0.5, 0.6) is 5.75 Å². The molecule has 12 heteroatoms. The van der Waals surface area contributed by atoms with Crippen LogP contribution in [-0.4, -0.2) is 60.9 Å². The van der Waals surface area contributed by atoms with Crippen LogP contribution in [0.15, 0.2) is 151 Å². The Bertz CT molecular complexity index is 2060. The van der Waals surface area contributed by atoms with E-state index in [0.717, 1.165) is 32.7 Å². The highest BCUT2D eigenvalue weighted by Crippen LogP contribution is 2.26. The summed E-state index contributed by atoms with van der Waals surface area (Å²) < 4.78 is 16.6. The van der Waals surface area contributed by atoms with E-state index >= 15 is 0 Å². The lowest BCUT2D eigenvalue weighted by Gasteiger charge is -2.26. The van der Waals surface area contributed by atoms with Gasteiger partial charge >= 0.3 is 12.1 Å². The predicted octanol–water partition coefficient (Wildman–Crippen LogP) is 7.27. The Hall–Kier alpha value is -6.95. The summed E-state index contributed by atoms with van der Waals surface area (Å²) in [5, 5.41) is 10.3. The van der Waals surface area contributed by atoms with Crippen molar-refractivity contribution < 1.29 is 33.4 Å². The molecule has 0 heterocycles. The first-order chi connectivity index (χ1) is 28.8. The molecule has 5 rings (SSSR count). The molecule has 306 valence electrons. The number of rotatable bonds is 18. The van der Waals surface area contributed by atoms with Crippen molar-refractivity contribution in [3.63, 3.8) is 0 Å². The first-order valence-electron chi connectivity index (χ1n) is 19.6. The molecule has 5 aromatic carbocycles. The molecule has 0 aromatic heterocycles. The molecule has 0 saturated carbocycles. The second-order valence-electron chi connectivity index (χ2n) is 13.7. The molecular formula is C47H51N5O7. The third kappa shape index (κ3) is 13.0. The quantitative estimate of drug-likeness (QED) is 0.0363. The molecule has 0 fully saturated rings. The number of carbonyl (C=O) groups excluding carboxylic acids is 4. The van der Waals surface area contributed by atoms with E-state index in [1.54, 1.807) is 14.0 Å². The molecule has 5 aromatic rings. The lowest BCUT2D eigenvalue weighted by Crippen LogP contribution is -2.49. The lowest BCUT2D eigenvalue weighted by atomic mass is 9.90. The summed E-state index contributed by atoms with van der Waals surface area (Å²) in [5.74, 6) is -2.00. The van der Waals surface area contributed by atoms with Crippen molar-refractivity contribution in [1.29, 1.82) is 0 Å². The van der Waals surface area contributed by atoms with Gasteiger partial charge in [-0.25, -0.2) is 9.59 Å². The number of nitrogens with zero attached hydrogens (tertiary/aromatic N) is 2. The molecule has 3 N–H and O–H groups in total. The number of amides is 3. The van der Waals surface area contributed by atoms with Gasteiger partial charge in [0.1, 0.15) is 25.0 Å². The summed E-state index contributed by atoms with van der Waals surface area (Å²) in [5.41, 5.74) is 6.62. The number of esters is 1. The van der Waals surface area contributed by atoms with Gasteiger partial charge in [-0.15, -0.1) is 0 Å². The molecule has 3 amide bonds. The van der Waals surface area contributed by atoms with Crippen molar-refractivity contribution in [3.8, 4) is 5.75 Å². The van der Waals surface area contributed by atoms with Gasteiger partial charge in [-0.2, -0.15) is 5.10 Å². The smallest absolute Gasteiger partial charge is 0.416 e. The first kappa shape index (κ1) is 43.2. The summed E-state index contributed by atoms with van der Waals surface area (Å²) in [6.45, 7) is 3.78. The van der Waals surface area contributed by atoms with E-state index in [1.807, 2.05) is 153 Å². The van der Waals surface area contributed by atoms with Crippen LogP contribution >= 0.6 is 0 Å². The SMILES string of the molecule is CCN/N=C(\C(=O)OCc1ccccc1)N(CCC[C@@H](NC(=O)C(c1ccccc1)c1ccccc1)C(=O)N[C@H](C)c1ccc(OC)cc1)C(=O)OCc1ccccc1. The topological polar surface area (TPSA) is 148 Å². The van der Waals surface area contributed by atoms with Crippen molar-refractivity contribution in [2.45, 2.75) is 57.9 Å². The minimum atomic E-state index is -1.04. The van der Waals surface area contributed by atoms with Crippen LogP contribution in [-0.2, 0) is 37.1 Å². The van der Waals surface area contributed by atoms with Crippen LogP contribution in [0.2, 0.25) is 0 Å². The average molecular weight is 798 g/mol. The fourth-order valence-electron chi connectivity index (χ4n) is 6.29. The van der Waals surface area contributed by atoms with Crippen LogP contribution < -0.4 is 20.8 Å². The third-order valence-corrected chi connectivity index (χ3v) is 9.43. The monoisotopic (exact) mass is 797 g/mol. The molecule has 59 heavy (non-hydrogen) atoms. The van der Waals surface area contributed by atoms with Crippen molar-refractivity contribution in [2.75, 3.05) is 20.2 Å². The highest BCUT2D eigenvalue weighted by atomic mass is 16.6. The Morgan fingerprint density at radius 1 is 0.644 bits per heavy atom. The average Bonchev–Trinajstić information content (AvgIpc) is 3.28. The minimum Gasteiger partial charge on any atom is -0.497 e. The molecule has 0 saturated heterocycles. The van der Waals surface area contributed by atoms with E-state index in [1.165, 1.54) is 0 Å². The molecular weight excluding hydrogens is 747 g/mol. The number of hydrogen-bond acceptors (Lipinski definition) is 9. The van der Waals surface area contributed by atoms with E-state index in [9.17, 15) is 19.2 Å². The van der Waals surface area contributed by atoms with E-state index in [2.05, 4.69) is 21.2 Å². The van der Waals surface area contributed by atoms with Gasteiger partial charge in [0.2, 0.25) is 17.6 Å². The number of carbonyl (C=O) groups is 4. The van der Waals surface area contributed by atoms with Gasteiger partial charge in [0.05, 0.1) is 19.1 Å². The molecule has 0 radical (unpaired) electrons. The Kier molecular flexibility index (Phi) is 16.6. The second-order valence-corrected chi connectivity index (χ2v) is 13.7. The largest absolute Gasteiger partial charge is 0.497 e. The molecule has 2 atom stereocenters. The number of methoxy groups -OCH3 is 1. The zero-order valence-electron chi connectivity index (χ0n) is 33.6. The summed E-state index contributed by atoms with van der Waals surface area (Å²) in [7, 11) is 1.58. The van der Waals surface area contributed by atoms with E-state index in [0.29, 0.717) is 12.3 Å². The van der Waals surface area contributed by atoms with E-state index in [4.69, 9.17) is 14.2 Å². The van der Waals surface area contributed by atoms with Gasteiger partial charge in [0.25, 0.3) is 0 Å². The standard InChI is InChI=1S/C47H51N5O7/c1-4-48-51-43(46(55)58-32-35-18-9-5-10-19-35)52(47(56)59-33-36-20-11-6-12-21-36)31-17-26-41(44(53)49-34(2)37-27-29-40(57-3)30-28-37)50-45(54)42(38-22-13-7-14-23-38)39-24-15-8-16-25-39/h5-16,18-25,27-30,34,41-42,48H,4,17,26,31-33H2,1-3H3,(H,49,53)(H,50,54)/b51-43+/t34-,41-/m1/s1. The fraction of sp³-hybridized carbons (Fsp3) is 0.255. The van der Waals surface area contributed by atoms with Gasteiger partial charge in [-0.3, -0.25) is 14.5 Å². The van der Waals surface area contributed by atoms with Gasteiger partial charge in [-0.1, -0.05) is 133 Å². The summed E-state index contributed by atoms with van der Waals surface area (Å²) >= 11 is 0. The van der Waals surface area contributed by atoms with Crippen molar-refractivity contribution in [2.24, 2.45) is 5.10 Å². The first-order valence-corrected chi connectivity index (χ1v) is 19.6. The van der Waals surface area contributed by atoms with Gasteiger partial charge < -0.3 is 30.3 Å². The fourth-order valence-corrected chi connectivity index (χ4v) is 6.29. The maximum Gasteiger partial charge on any atom is 0.416 e. The number of hydrogen-bond donors (Lipinski definition) is 3. The van der Waals surface area contributed by atoms with Gasteiger partial charge in [-0.05, 0) is 66.6 Å². The highest BCUT2D eigenvalue weighted by Gasteiger charge is 2.32. The van der Waals surface area contributed by atoms with Crippen molar-refractivity contribution in [3.05, 3.63) is 173 Å². The number of hydrazone groups is 1. The normalized spacial score (nSPS) is 12.1. The van der Waals surface area contributed by atoms with Crippen molar-refractivity contribution in [1.82, 2.24) is 21.0 Å². The van der Waals surface area contributed by atoms with Gasteiger partial charge in [0, 0.05) is 13.1 Å². The number of amidine groups is 1. The molecule has 0 unspecified atom stereocenters. The Morgan fingerprint density at radius 3 is 1.69 bits per heavy atom. The Morgan fingerprint density at radius 2 is 1.17 bits per heavy atom. The highest BCUT2D eigenvalue weighted by molar-refractivity contribution is 6.37. The Balaban J connectivity index is 1.41. The Labute approximate surface area is 345 Å². The summed E-state index contributed by atoms with van der Waals surface area (Å²) in [6.07, 6.45) is -0.610. The van der Waals surface area contributed by atoms with Crippen LogP contribution in [0.25, 0.3) is 0 Å². The third-order valence-electron chi connectivity index (χ3n) is 9.43. The van der Waals surface area contributed by atoms with Gasteiger partial charge in [0.15, 0.2) is 0 Å². The van der Waals surface area contributed by atoms with Crippen molar-refractivity contribution >= 4 is 29.7 Å². The summed E-state index contributed by atoms with van der Waals surface area (Å²) in [4.78, 5) is 57.2. The molecule has 0 aliphatic carbocycles. The number of nitrogens with one attached hydrogen (secondary N) is 3. The van der Waals surface area contributed by atoms with Crippen LogP contribution in [0.1, 0.15) is 66.5 Å². The molecule has 0 spiro atoms. The molecule has 0 aliphatic heterocycles. The maximum absolute atomic E-state index is 14.3. The summed E-state index contributed by atoms with van der Waals surface area (Å²) in [6, 6.07) is 42.9. The number of benzene rings is 5. The van der Waals surface area contributed by atoms with E-state index < -0.39 is 36.0 Å². The van der Waals surface area contributed by atoms with Crippen LogP contribution in [0, 0.1) is 0 Å².